The van der Waals surface area contributed by atoms with E-state index in [9.17, 15) is 14.3 Å². The highest BCUT2D eigenvalue weighted by molar-refractivity contribution is 5.90. The molecule has 21 heavy (non-hydrogen) atoms. The van der Waals surface area contributed by atoms with Gasteiger partial charge in [0.05, 0.1) is 5.52 Å². The molecular formula is C14H12FN3O3. The number of halogens is 1. The first-order valence-corrected chi connectivity index (χ1v) is 6.37. The molecule has 0 radical (unpaired) electrons. The summed E-state index contributed by atoms with van der Waals surface area (Å²) in [5.74, 6) is -0.525. The van der Waals surface area contributed by atoms with Crippen molar-refractivity contribution in [1.82, 2.24) is 14.7 Å². The number of hydrogen-bond donors (Lipinski definition) is 1. The van der Waals surface area contributed by atoms with E-state index in [1.807, 2.05) is 6.92 Å². The first-order chi connectivity index (χ1) is 10.0. The van der Waals surface area contributed by atoms with Crippen LogP contribution in [-0.4, -0.2) is 19.8 Å². The fourth-order valence-corrected chi connectivity index (χ4v) is 2.20. The highest BCUT2D eigenvalue weighted by atomic mass is 19.1. The smallest absolute Gasteiger partial charge is 0.267 e. The molecule has 0 aliphatic heterocycles. The first-order valence-electron chi connectivity index (χ1n) is 6.37. The van der Waals surface area contributed by atoms with E-state index in [1.54, 1.807) is 0 Å². The number of aromatic hydroxyl groups is 1. The van der Waals surface area contributed by atoms with Gasteiger partial charge >= 0.3 is 0 Å². The van der Waals surface area contributed by atoms with E-state index in [1.165, 1.54) is 23.7 Å². The minimum Gasteiger partial charge on any atom is -0.506 e. The van der Waals surface area contributed by atoms with Gasteiger partial charge in [-0.05, 0) is 18.2 Å². The van der Waals surface area contributed by atoms with Crippen molar-refractivity contribution in [3.8, 4) is 17.2 Å². The van der Waals surface area contributed by atoms with Crippen molar-refractivity contribution >= 4 is 10.9 Å². The van der Waals surface area contributed by atoms with Gasteiger partial charge in [-0.1, -0.05) is 12.1 Å². The standard InChI is InChI=1S/C14H12FN3O3/c1-3-10-16-13(21-17-10)11-12(19)8-6-7(15)4-5-9(8)18(2)14(11)20/h4-6,19H,3H2,1-2H3. The Balaban J connectivity index is 2.40. The van der Waals surface area contributed by atoms with E-state index in [0.717, 1.165) is 6.07 Å². The highest BCUT2D eigenvalue weighted by Crippen LogP contribution is 2.32. The zero-order valence-electron chi connectivity index (χ0n) is 11.4. The van der Waals surface area contributed by atoms with E-state index in [0.29, 0.717) is 17.8 Å². The van der Waals surface area contributed by atoms with Crippen LogP contribution < -0.4 is 5.56 Å². The van der Waals surface area contributed by atoms with E-state index in [-0.39, 0.29) is 22.6 Å². The van der Waals surface area contributed by atoms with Gasteiger partial charge in [0.2, 0.25) is 0 Å². The maximum absolute atomic E-state index is 13.4. The number of rotatable bonds is 2. The lowest BCUT2D eigenvalue weighted by atomic mass is 10.1. The van der Waals surface area contributed by atoms with Crippen molar-refractivity contribution in [2.45, 2.75) is 13.3 Å². The Labute approximate surface area is 118 Å². The Bertz CT molecular complexity index is 898. The molecule has 0 saturated heterocycles. The van der Waals surface area contributed by atoms with Crippen LogP contribution in [0, 0.1) is 5.82 Å². The van der Waals surface area contributed by atoms with Crippen molar-refractivity contribution in [1.29, 1.82) is 0 Å². The second kappa shape index (κ2) is 4.69. The molecule has 7 heteroatoms. The van der Waals surface area contributed by atoms with Crippen molar-refractivity contribution in [2.75, 3.05) is 0 Å². The predicted molar refractivity (Wildman–Crippen MR) is 73.5 cm³/mol. The third kappa shape index (κ3) is 1.97. The molecule has 1 aromatic carbocycles. The summed E-state index contributed by atoms with van der Waals surface area (Å²) in [5.41, 5.74) is -0.196. The fourth-order valence-electron chi connectivity index (χ4n) is 2.20. The van der Waals surface area contributed by atoms with Crippen LogP contribution in [0.4, 0.5) is 4.39 Å². The molecule has 108 valence electrons. The number of nitrogens with zero attached hydrogens (tertiary/aromatic N) is 3. The van der Waals surface area contributed by atoms with Crippen molar-refractivity contribution in [3.05, 3.63) is 40.2 Å². The number of pyridine rings is 1. The quantitative estimate of drug-likeness (QED) is 0.780. The average molecular weight is 289 g/mol. The molecule has 3 aromatic rings. The van der Waals surface area contributed by atoms with Crippen molar-refractivity contribution in [2.24, 2.45) is 7.05 Å². The summed E-state index contributed by atoms with van der Waals surface area (Å²) in [4.78, 5) is 16.4. The summed E-state index contributed by atoms with van der Waals surface area (Å²) in [6, 6.07) is 3.81. The summed E-state index contributed by atoms with van der Waals surface area (Å²) in [6.45, 7) is 1.84. The number of fused-ring (bicyclic) bond motifs is 1. The number of aryl methyl sites for hydroxylation is 2. The SMILES string of the molecule is CCc1noc(-c2c(O)c3cc(F)ccc3n(C)c2=O)n1. The monoisotopic (exact) mass is 289 g/mol. The van der Waals surface area contributed by atoms with Crippen LogP contribution in [-0.2, 0) is 13.5 Å². The molecule has 3 rings (SSSR count). The third-order valence-corrected chi connectivity index (χ3v) is 3.33. The molecule has 0 bridgehead atoms. The molecule has 2 heterocycles. The van der Waals surface area contributed by atoms with Gasteiger partial charge in [-0.2, -0.15) is 4.98 Å². The molecule has 0 amide bonds. The largest absolute Gasteiger partial charge is 0.506 e. The molecule has 0 spiro atoms. The average Bonchev–Trinajstić information content (AvgIpc) is 2.94. The molecule has 1 N–H and O–H groups in total. The highest BCUT2D eigenvalue weighted by Gasteiger charge is 2.21. The van der Waals surface area contributed by atoms with Crippen LogP contribution in [0.5, 0.6) is 5.75 Å². The van der Waals surface area contributed by atoms with Crippen molar-refractivity contribution < 1.29 is 14.0 Å². The van der Waals surface area contributed by atoms with Crippen LogP contribution in [0.15, 0.2) is 27.5 Å². The number of hydrogen-bond acceptors (Lipinski definition) is 5. The molecule has 0 aliphatic carbocycles. The third-order valence-electron chi connectivity index (χ3n) is 3.33. The molecule has 0 atom stereocenters. The molecule has 2 aromatic heterocycles. The second-order valence-electron chi connectivity index (χ2n) is 4.62. The summed E-state index contributed by atoms with van der Waals surface area (Å²) in [5, 5.41) is 14.2. The fraction of sp³-hybridized carbons (Fsp3) is 0.214. The van der Waals surface area contributed by atoms with E-state index in [4.69, 9.17) is 4.52 Å². The van der Waals surface area contributed by atoms with E-state index in [2.05, 4.69) is 10.1 Å². The molecule has 0 fully saturated rings. The zero-order chi connectivity index (χ0) is 15.1. The molecule has 0 aliphatic rings. The number of aromatic nitrogens is 3. The second-order valence-corrected chi connectivity index (χ2v) is 4.62. The summed E-state index contributed by atoms with van der Waals surface area (Å²) < 4.78 is 19.7. The summed E-state index contributed by atoms with van der Waals surface area (Å²) in [6.07, 6.45) is 0.535. The summed E-state index contributed by atoms with van der Waals surface area (Å²) in [7, 11) is 1.53. The maximum atomic E-state index is 13.4. The van der Waals surface area contributed by atoms with Gasteiger partial charge in [0.15, 0.2) is 5.82 Å². The maximum Gasteiger partial charge on any atom is 0.267 e. The van der Waals surface area contributed by atoms with Gasteiger partial charge in [0, 0.05) is 18.9 Å². The predicted octanol–water partition coefficient (Wildman–Crippen LogP) is 2.00. The normalized spacial score (nSPS) is 11.2. The Morgan fingerprint density at radius 3 is 2.86 bits per heavy atom. The number of benzene rings is 1. The summed E-state index contributed by atoms with van der Waals surface area (Å²) >= 11 is 0. The van der Waals surface area contributed by atoms with Gasteiger partial charge in [-0.25, -0.2) is 4.39 Å². The van der Waals surface area contributed by atoms with Crippen LogP contribution in [0.1, 0.15) is 12.7 Å². The van der Waals surface area contributed by atoms with Gasteiger partial charge in [0.1, 0.15) is 17.1 Å². The van der Waals surface area contributed by atoms with Crippen LogP contribution in [0.2, 0.25) is 0 Å². The van der Waals surface area contributed by atoms with Crippen molar-refractivity contribution in [3.63, 3.8) is 0 Å². The van der Waals surface area contributed by atoms with Gasteiger partial charge in [0.25, 0.3) is 11.4 Å². The lowest BCUT2D eigenvalue weighted by Gasteiger charge is -2.09. The molecule has 0 saturated carbocycles. The lowest BCUT2D eigenvalue weighted by molar-refractivity contribution is 0.417. The van der Waals surface area contributed by atoms with Gasteiger partial charge < -0.3 is 14.2 Å². The molecule has 6 nitrogen and oxygen atoms in total. The molecule has 0 unspecified atom stereocenters. The van der Waals surface area contributed by atoms with Gasteiger partial charge in [-0.3, -0.25) is 4.79 Å². The topological polar surface area (TPSA) is 81.2 Å². The van der Waals surface area contributed by atoms with Crippen LogP contribution >= 0.6 is 0 Å². The minimum atomic E-state index is -0.512. The van der Waals surface area contributed by atoms with E-state index < -0.39 is 11.4 Å². The first kappa shape index (κ1) is 13.3. The zero-order valence-corrected chi connectivity index (χ0v) is 11.4. The van der Waals surface area contributed by atoms with Crippen LogP contribution in [0.25, 0.3) is 22.4 Å². The van der Waals surface area contributed by atoms with Gasteiger partial charge in [-0.15, -0.1) is 0 Å². The Morgan fingerprint density at radius 2 is 2.19 bits per heavy atom. The lowest BCUT2D eigenvalue weighted by Crippen LogP contribution is -2.19. The minimum absolute atomic E-state index is 0.0730. The van der Waals surface area contributed by atoms with E-state index >= 15 is 0 Å². The Morgan fingerprint density at radius 1 is 1.43 bits per heavy atom. The van der Waals surface area contributed by atoms with Crippen LogP contribution in [0.3, 0.4) is 0 Å². The Hall–Kier alpha value is -2.70. The molecular weight excluding hydrogens is 277 g/mol. The Kier molecular flexibility index (Phi) is 2.97.